The molecule has 0 aromatic carbocycles. The smallest absolute Gasteiger partial charge is 0.255 e. The van der Waals surface area contributed by atoms with Gasteiger partial charge in [0.05, 0.1) is 11.3 Å². The lowest BCUT2D eigenvalue weighted by molar-refractivity contribution is -0.144. The summed E-state index contributed by atoms with van der Waals surface area (Å²) in [6, 6.07) is 4.12. The van der Waals surface area contributed by atoms with Crippen molar-refractivity contribution in [3.63, 3.8) is 0 Å². The number of carbonyl (C=O) groups is 2. The molecule has 3 aliphatic heterocycles. The molecule has 2 aromatic rings. The zero-order valence-corrected chi connectivity index (χ0v) is 15.1. The van der Waals surface area contributed by atoms with E-state index < -0.39 is 0 Å². The molecule has 5 rings (SSSR count). The molecule has 6 nitrogen and oxygen atoms in total. The van der Waals surface area contributed by atoms with Gasteiger partial charge in [0.25, 0.3) is 5.91 Å². The largest absolute Gasteiger partial charge is 0.339 e. The Morgan fingerprint density at radius 3 is 2.96 bits per heavy atom. The third kappa shape index (κ3) is 2.50. The summed E-state index contributed by atoms with van der Waals surface area (Å²) in [5, 5.41) is 0. The summed E-state index contributed by atoms with van der Waals surface area (Å²) < 4.78 is 1.93. The third-order valence-electron chi connectivity index (χ3n) is 6.29. The van der Waals surface area contributed by atoms with E-state index in [4.69, 9.17) is 0 Å². The van der Waals surface area contributed by atoms with Crippen molar-refractivity contribution in [3.05, 3.63) is 35.8 Å². The van der Waals surface area contributed by atoms with Crippen molar-refractivity contribution in [2.75, 3.05) is 19.6 Å². The van der Waals surface area contributed by atoms with E-state index in [1.165, 1.54) is 0 Å². The van der Waals surface area contributed by atoms with E-state index in [2.05, 4.69) is 9.88 Å². The van der Waals surface area contributed by atoms with Crippen molar-refractivity contribution in [2.45, 2.75) is 38.6 Å². The normalized spacial score (nSPS) is 28.3. The molecule has 26 heavy (non-hydrogen) atoms. The summed E-state index contributed by atoms with van der Waals surface area (Å²) in [4.78, 5) is 33.9. The van der Waals surface area contributed by atoms with Crippen molar-refractivity contribution in [2.24, 2.45) is 11.8 Å². The van der Waals surface area contributed by atoms with Crippen LogP contribution in [0.1, 0.15) is 41.7 Å². The SMILES string of the molecule is Cc1cn2cc(C(=O)N3CC4CC(C3)[C@@H]3CCCC(=O)N3C4)ccc2n1. The maximum absolute atomic E-state index is 13.1. The van der Waals surface area contributed by atoms with Crippen molar-refractivity contribution in [1.29, 1.82) is 0 Å². The van der Waals surface area contributed by atoms with E-state index in [-0.39, 0.29) is 5.91 Å². The van der Waals surface area contributed by atoms with E-state index >= 15 is 0 Å². The van der Waals surface area contributed by atoms with E-state index in [1.54, 1.807) is 0 Å². The molecule has 0 radical (unpaired) electrons. The summed E-state index contributed by atoms with van der Waals surface area (Å²) in [5.74, 6) is 1.25. The van der Waals surface area contributed by atoms with Crippen LogP contribution in [-0.2, 0) is 4.79 Å². The highest BCUT2D eigenvalue weighted by Gasteiger charge is 2.44. The molecule has 0 saturated carbocycles. The van der Waals surface area contributed by atoms with Gasteiger partial charge in [-0.3, -0.25) is 9.59 Å². The van der Waals surface area contributed by atoms with Crippen LogP contribution in [0, 0.1) is 18.8 Å². The van der Waals surface area contributed by atoms with E-state index in [0.717, 1.165) is 50.2 Å². The number of rotatable bonds is 1. The van der Waals surface area contributed by atoms with Crippen molar-refractivity contribution in [3.8, 4) is 0 Å². The molecule has 136 valence electrons. The fourth-order valence-electron chi connectivity index (χ4n) is 5.20. The first kappa shape index (κ1) is 15.9. The van der Waals surface area contributed by atoms with E-state index in [9.17, 15) is 9.59 Å². The number of pyridine rings is 1. The fourth-order valence-corrected chi connectivity index (χ4v) is 5.20. The van der Waals surface area contributed by atoms with Gasteiger partial charge in [-0.15, -0.1) is 0 Å². The first-order valence-electron chi connectivity index (χ1n) is 9.62. The number of aromatic nitrogens is 2. The average Bonchev–Trinajstić information content (AvgIpc) is 3.01. The molecular formula is C20H24N4O2. The van der Waals surface area contributed by atoms with Crippen LogP contribution in [-0.4, -0.2) is 56.7 Å². The van der Waals surface area contributed by atoms with Crippen LogP contribution in [0.2, 0.25) is 0 Å². The summed E-state index contributed by atoms with van der Waals surface area (Å²) in [6.45, 7) is 4.30. The third-order valence-corrected chi connectivity index (χ3v) is 6.29. The van der Waals surface area contributed by atoms with Crippen LogP contribution in [0.25, 0.3) is 5.65 Å². The zero-order valence-electron chi connectivity index (χ0n) is 15.1. The number of carbonyl (C=O) groups excluding carboxylic acids is 2. The van der Waals surface area contributed by atoms with Gasteiger partial charge < -0.3 is 14.2 Å². The van der Waals surface area contributed by atoms with Gasteiger partial charge in [0.1, 0.15) is 5.65 Å². The van der Waals surface area contributed by atoms with Crippen LogP contribution in [0.3, 0.4) is 0 Å². The standard InChI is InChI=1S/C20H24N4O2/c1-13-8-22-11-15(5-6-18(22)21-13)20(26)23-9-14-7-16(12-23)17-3-2-4-19(25)24(17)10-14/h5-6,8,11,14,16-17H,2-4,7,9-10,12H2,1H3/t14?,16?,17-/m0/s1. The van der Waals surface area contributed by atoms with Gasteiger partial charge in [-0.1, -0.05) is 0 Å². The molecule has 5 heterocycles. The molecule has 3 atom stereocenters. The monoisotopic (exact) mass is 352 g/mol. The number of amides is 2. The highest BCUT2D eigenvalue weighted by molar-refractivity contribution is 5.94. The second-order valence-electron chi connectivity index (χ2n) is 8.14. The Morgan fingerprint density at radius 2 is 2.08 bits per heavy atom. The quantitative estimate of drug-likeness (QED) is 0.790. The summed E-state index contributed by atoms with van der Waals surface area (Å²) >= 11 is 0. The van der Waals surface area contributed by atoms with Gasteiger partial charge in [-0.25, -0.2) is 4.98 Å². The summed E-state index contributed by atoms with van der Waals surface area (Å²) in [5.41, 5.74) is 2.53. The van der Waals surface area contributed by atoms with Gasteiger partial charge in [0.2, 0.25) is 5.91 Å². The summed E-state index contributed by atoms with van der Waals surface area (Å²) in [7, 11) is 0. The number of imidazole rings is 1. The first-order chi connectivity index (χ1) is 12.6. The minimum absolute atomic E-state index is 0.100. The highest BCUT2D eigenvalue weighted by Crippen LogP contribution is 2.38. The molecule has 2 aromatic heterocycles. The van der Waals surface area contributed by atoms with Gasteiger partial charge in [-0.2, -0.15) is 0 Å². The number of fused-ring (bicyclic) bond motifs is 5. The minimum Gasteiger partial charge on any atom is -0.339 e. The topological polar surface area (TPSA) is 57.9 Å². The predicted octanol–water partition coefficient (Wildman–Crippen LogP) is 2.12. The van der Waals surface area contributed by atoms with Crippen LogP contribution < -0.4 is 0 Å². The lowest BCUT2D eigenvalue weighted by Crippen LogP contribution is -2.61. The minimum atomic E-state index is 0.100. The van der Waals surface area contributed by atoms with Gasteiger partial charge >= 0.3 is 0 Å². The molecule has 0 aliphatic carbocycles. The molecule has 6 heteroatoms. The molecule has 2 unspecified atom stereocenters. The lowest BCUT2D eigenvalue weighted by Gasteiger charge is -2.52. The van der Waals surface area contributed by atoms with Gasteiger partial charge in [0.15, 0.2) is 0 Å². The number of hydrogen-bond acceptors (Lipinski definition) is 3. The van der Waals surface area contributed by atoms with Crippen molar-refractivity contribution < 1.29 is 9.59 Å². The molecule has 3 aliphatic rings. The second-order valence-corrected chi connectivity index (χ2v) is 8.14. The highest BCUT2D eigenvalue weighted by atomic mass is 16.2. The van der Waals surface area contributed by atoms with E-state index in [0.29, 0.717) is 35.8 Å². The molecular weight excluding hydrogens is 328 g/mol. The van der Waals surface area contributed by atoms with E-state index in [1.807, 2.05) is 40.8 Å². The van der Waals surface area contributed by atoms with Gasteiger partial charge in [0, 0.05) is 44.5 Å². The first-order valence-corrected chi connectivity index (χ1v) is 9.62. The molecule has 2 bridgehead atoms. The number of nitrogens with zero attached hydrogens (tertiary/aromatic N) is 4. The molecule has 3 saturated heterocycles. The van der Waals surface area contributed by atoms with Crippen LogP contribution in [0.15, 0.2) is 24.5 Å². The van der Waals surface area contributed by atoms with Crippen LogP contribution >= 0.6 is 0 Å². The molecule has 0 spiro atoms. The number of likely N-dealkylation sites (tertiary alicyclic amines) is 1. The molecule has 0 N–H and O–H groups in total. The number of aryl methyl sites for hydroxylation is 1. The Bertz CT molecular complexity index is 889. The fraction of sp³-hybridized carbons (Fsp3) is 0.550. The van der Waals surface area contributed by atoms with Crippen LogP contribution in [0.5, 0.6) is 0 Å². The maximum Gasteiger partial charge on any atom is 0.255 e. The molecule has 3 fully saturated rings. The van der Waals surface area contributed by atoms with Crippen LogP contribution in [0.4, 0.5) is 0 Å². The van der Waals surface area contributed by atoms with Crippen molar-refractivity contribution >= 4 is 17.5 Å². The van der Waals surface area contributed by atoms with Gasteiger partial charge in [-0.05, 0) is 50.2 Å². The average molecular weight is 352 g/mol. The predicted molar refractivity (Wildman–Crippen MR) is 96.8 cm³/mol. The Balaban J connectivity index is 1.38. The lowest BCUT2D eigenvalue weighted by atomic mass is 9.76. The number of hydrogen-bond donors (Lipinski definition) is 0. The Morgan fingerprint density at radius 1 is 1.19 bits per heavy atom. The Kier molecular flexibility index (Phi) is 3.55. The Labute approximate surface area is 152 Å². The molecule has 2 amide bonds. The Hall–Kier alpha value is -2.37. The number of piperidine rings is 3. The zero-order chi connectivity index (χ0) is 17.8. The second kappa shape index (κ2) is 5.83. The van der Waals surface area contributed by atoms with Crippen molar-refractivity contribution in [1.82, 2.24) is 19.2 Å². The summed E-state index contributed by atoms with van der Waals surface area (Å²) in [6.07, 6.45) is 7.76. The maximum atomic E-state index is 13.1.